The molecule has 2 aromatic rings. The Balaban J connectivity index is 2.10. The van der Waals surface area contributed by atoms with Crippen molar-refractivity contribution in [3.63, 3.8) is 0 Å². The van der Waals surface area contributed by atoms with E-state index in [4.69, 9.17) is 5.73 Å². The van der Waals surface area contributed by atoms with Gasteiger partial charge >= 0.3 is 0 Å². The second kappa shape index (κ2) is 6.99. The fourth-order valence-corrected chi connectivity index (χ4v) is 3.00. The van der Waals surface area contributed by atoms with E-state index in [1.54, 1.807) is 0 Å². The minimum Gasteiger partial charge on any atom is -0.323 e. The molecule has 0 aliphatic heterocycles. The van der Waals surface area contributed by atoms with Crippen molar-refractivity contribution < 1.29 is 22.1 Å². The van der Waals surface area contributed by atoms with Gasteiger partial charge in [-0.3, -0.25) is 10.1 Å². The molecule has 0 bridgehead atoms. The Bertz CT molecular complexity index is 857. The molecule has 0 amide bonds. The molecule has 7 nitrogen and oxygen atoms in total. The van der Waals surface area contributed by atoms with Gasteiger partial charge in [-0.15, -0.1) is 0 Å². The van der Waals surface area contributed by atoms with Crippen LogP contribution in [0.25, 0.3) is 0 Å². The van der Waals surface area contributed by atoms with Crippen molar-refractivity contribution in [2.75, 3.05) is 6.54 Å². The molecule has 0 heterocycles. The average molecular weight is 357 g/mol. The van der Waals surface area contributed by atoms with Crippen LogP contribution >= 0.6 is 0 Å². The Kier molecular flexibility index (Phi) is 5.22. The molecular weight excluding hydrogens is 344 g/mol. The normalized spacial score (nSPS) is 12.8. The van der Waals surface area contributed by atoms with E-state index in [1.165, 1.54) is 0 Å². The number of nitrogens with two attached hydrogens (primary N) is 1. The molecule has 0 saturated carbocycles. The van der Waals surface area contributed by atoms with Crippen LogP contribution in [-0.2, 0) is 10.0 Å². The Labute approximate surface area is 136 Å². The van der Waals surface area contributed by atoms with Crippen molar-refractivity contribution in [2.24, 2.45) is 5.73 Å². The van der Waals surface area contributed by atoms with E-state index in [-0.39, 0.29) is 22.7 Å². The molecule has 3 N–H and O–H groups in total. The highest BCUT2D eigenvalue weighted by molar-refractivity contribution is 7.89. The molecule has 1 unspecified atom stereocenters. The summed E-state index contributed by atoms with van der Waals surface area (Å²) < 4.78 is 52.8. The Hall–Kier alpha value is -2.43. The summed E-state index contributed by atoms with van der Waals surface area (Å²) in [6.07, 6.45) is 0. The SMILES string of the molecule is NC(CNS(=O)(=O)c1ccc([N+](=O)[O-])cc1)c1ccc(F)cc1F. The second-order valence-corrected chi connectivity index (χ2v) is 6.64. The van der Waals surface area contributed by atoms with Crippen LogP contribution in [0.5, 0.6) is 0 Å². The first kappa shape index (κ1) is 17.9. The van der Waals surface area contributed by atoms with Crippen molar-refractivity contribution in [1.29, 1.82) is 0 Å². The largest absolute Gasteiger partial charge is 0.323 e. The molecule has 0 radical (unpaired) electrons. The number of nitro benzene ring substituents is 1. The lowest BCUT2D eigenvalue weighted by molar-refractivity contribution is -0.384. The summed E-state index contributed by atoms with van der Waals surface area (Å²) >= 11 is 0. The minimum absolute atomic E-state index is 0.0391. The Morgan fingerprint density at radius 3 is 2.33 bits per heavy atom. The highest BCUT2D eigenvalue weighted by Crippen LogP contribution is 2.18. The second-order valence-electron chi connectivity index (χ2n) is 4.88. The quantitative estimate of drug-likeness (QED) is 0.605. The van der Waals surface area contributed by atoms with Gasteiger partial charge in [0.2, 0.25) is 10.0 Å². The Morgan fingerprint density at radius 1 is 1.17 bits per heavy atom. The van der Waals surface area contributed by atoms with Crippen molar-refractivity contribution in [3.05, 3.63) is 69.8 Å². The van der Waals surface area contributed by atoms with E-state index in [2.05, 4.69) is 4.72 Å². The number of hydrogen-bond donors (Lipinski definition) is 2. The molecule has 24 heavy (non-hydrogen) atoms. The van der Waals surface area contributed by atoms with Gasteiger partial charge < -0.3 is 5.73 Å². The molecule has 0 spiro atoms. The molecule has 1 atom stereocenters. The zero-order valence-electron chi connectivity index (χ0n) is 12.1. The number of benzene rings is 2. The van der Waals surface area contributed by atoms with Gasteiger partial charge in [0.05, 0.1) is 9.82 Å². The third-order valence-electron chi connectivity index (χ3n) is 3.21. The number of nitrogens with zero attached hydrogens (tertiary/aromatic N) is 1. The topological polar surface area (TPSA) is 115 Å². The van der Waals surface area contributed by atoms with Crippen LogP contribution in [0.2, 0.25) is 0 Å². The van der Waals surface area contributed by atoms with E-state index < -0.39 is 32.6 Å². The first-order valence-corrected chi connectivity index (χ1v) is 8.13. The number of non-ortho nitro benzene ring substituents is 1. The molecule has 2 aromatic carbocycles. The Morgan fingerprint density at radius 2 is 1.79 bits per heavy atom. The van der Waals surface area contributed by atoms with Crippen LogP contribution in [-0.4, -0.2) is 19.9 Å². The fourth-order valence-electron chi connectivity index (χ4n) is 1.94. The van der Waals surface area contributed by atoms with E-state index >= 15 is 0 Å². The average Bonchev–Trinajstić information content (AvgIpc) is 2.53. The van der Waals surface area contributed by atoms with Gasteiger partial charge in [0.1, 0.15) is 11.6 Å². The third-order valence-corrected chi connectivity index (χ3v) is 4.65. The predicted molar refractivity (Wildman–Crippen MR) is 81.6 cm³/mol. The van der Waals surface area contributed by atoms with Gasteiger partial charge in [0, 0.05) is 36.3 Å². The lowest BCUT2D eigenvalue weighted by Crippen LogP contribution is -2.32. The summed E-state index contributed by atoms with van der Waals surface area (Å²) in [5.74, 6) is -1.65. The molecule has 2 rings (SSSR count). The highest BCUT2D eigenvalue weighted by Gasteiger charge is 2.19. The summed E-state index contributed by atoms with van der Waals surface area (Å²) in [5.41, 5.74) is 5.43. The van der Waals surface area contributed by atoms with Crippen LogP contribution in [0.4, 0.5) is 14.5 Å². The van der Waals surface area contributed by atoms with Crippen LogP contribution in [0.15, 0.2) is 47.4 Å². The van der Waals surface area contributed by atoms with Crippen molar-refractivity contribution in [2.45, 2.75) is 10.9 Å². The van der Waals surface area contributed by atoms with Gasteiger partial charge in [-0.25, -0.2) is 21.9 Å². The highest BCUT2D eigenvalue weighted by atomic mass is 32.2. The number of nitro groups is 1. The maximum atomic E-state index is 13.6. The molecule has 128 valence electrons. The summed E-state index contributed by atoms with van der Waals surface area (Å²) in [6.45, 7) is -0.331. The van der Waals surface area contributed by atoms with Gasteiger partial charge in [0.25, 0.3) is 5.69 Å². The third kappa shape index (κ3) is 4.10. The number of hydrogen-bond acceptors (Lipinski definition) is 5. The summed E-state index contributed by atoms with van der Waals surface area (Å²) in [6, 6.07) is 6.02. The molecule has 10 heteroatoms. The smallest absolute Gasteiger partial charge is 0.269 e. The lowest BCUT2D eigenvalue weighted by Gasteiger charge is -2.14. The maximum Gasteiger partial charge on any atom is 0.269 e. The monoisotopic (exact) mass is 357 g/mol. The fraction of sp³-hybridized carbons (Fsp3) is 0.143. The van der Waals surface area contributed by atoms with E-state index in [0.717, 1.165) is 36.4 Å². The van der Waals surface area contributed by atoms with Gasteiger partial charge in [0.15, 0.2) is 0 Å². The van der Waals surface area contributed by atoms with Crippen LogP contribution in [0.1, 0.15) is 11.6 Å². The molecule has 0 fully saturated rings. The standard InChI is InChI=1S/C14H13F2N3O4S/c15-9-1-6-12(13(16)7-9)14(17)8-18-24(22,23)11-4-2-10(3-5-11)19(20)21/h1-7,14,18H,8,17H2. The van der Waals surface area contributed by atoms with Gasteiger partial charge in [-0.2, -0.15) is 0 Å². The molecule has 0 aliphatic carbocycles. The zero-order chi connectivity index (χ0) is 17.9. The van der Waals surface area contributed by atoms with Crippen molar-refractivity contribution in [1.82, 2.24) is 4.72 Å². The summed E-state index contributed by atoms with van der Waals surface area (Å²) in [5, 5.41) is 10.6. The lowest BCUT2D eigenvalue weighted by atomic mass is 10.1. The van der Waals surface area contributed by atoms with Crippen molar-refractivity contribution >= 4 is 15.7 Å². The summed E-state index contributed by atoms with van der Waals surface area (Å²) in [7, 11) is -3.98. The van der Waals surface area contributed by atoms with Crippen LogP contribution < -0.4 is 10.5 Å². The van der Waals surface area contributed by atoms with Gasteiger partial charge in [-0.05, 0) is 18.2 Å². The maximum absolute atomic E-state index is 13.6. The first-order valence-electron chi connectivity index (χ1n) is 6.65. The number of halogens is 2. The molecule has 0 aliphatic rings. The van der Waals surface area contributed by atoms with E-state index in [0.29, 0.717) is 6.07 Å². The predicted octanol–water partition coefficient (Wildman–Crippen LogP) is 1.85. The van der Waals surface area contributed by atoms with Crippen LogP contribution in [0.3, 0.4) is 0 Å². The molecular formula is C14H13F2N3O4S. The van der Waals surface area contributed by atoms with E-state index in [9.17, 15) is 27.3 Å². The minimum atomic E-state index is -3.98. The van der Waals surface area contributed by atoms with Gasteiger partial charge in [-0.1, -0.05) is 6.07 Å². The first-order chi connectivity index (χ1) is 11.2. The zero-order valence-corrected chi connectivity index (χ0v) is 13.0. The van der Waals surface area contributed by atoms with Crippen LogP contribution in [0, 0.1) is 21.7 Å². The molecule has 0 aromatic heterocycles. The number of sulfonamides is 1. The van der Waals surface area contributed by atoms with E-state index in [1.807, 2.05) is 0 Å². The summed E-state index contributed by atoms with van der Waals surface area (Å²) in [4.78, 5) is 9.70. The van der Waals surface area contributed by atoms with Crippen molar-refractivity contribution in [3.8, 4) is 0 Å². The number of nitrogens with one attached hydrogen (secondary N) is 1. The molecule has 0 saturated heterocycles. The number of rotatable bonds is 6.